The van der Waals surface area contributed by atoms with Gasteiger partial charge in [-0.15, -0.1) is 0 Å². The number of hydrogen-bond acceptors (Lipinski definition) is 7. The van der Waals surface area contributed by atoms with Gasteiger partial charge in [-0.05, 0) is 60.4 Å². The number of ether oxygens (including phenoxy) is 2. The lowest BCUT2D eigenvalue weighted by atomic mass is 9.96. The molecule has 5 rings (SSSR count). The fourth-order valence-electron chi connectivity index (χ4n) is 4.81. The van der Waals surface area contributed by atoms with Crippen molar-refractivity contribution in [3.8, 4) is 22.9 Å². The van der Waals surface area contributed by atoms with Crippen molar-refractivity contribution >= 4 is 46.0 Å². The van der Waals surface area contributed by atoms with Crippen LogP contribution in [0.4, 0.5) is 5.69 Å². The Balaban J connectivity index is 1.62. The Morgan fingerprint density at radius 1 is 1.05 bits per heavy atom. The van der Waals surface area contributed by atoms with Gasteiger partial charge in [-0.3, -0.25) is 14.9 Å². The Labute approximate surface area is 263 Å². The summed E-state index contributed by atoms with van der Waals surface area (Å²) in [6.45, 7) is 5.99. The van der Waals surface area contributed by atoms with Crippen LogP contribution in [0.2, 0.25) is 10.0 Å². The molecule has 0 atom stereocenters. The molecule has 5 aromatic rings. The summed E-state index contributed by atoms with van der Waals surface area (Å²) in [7, 11) is 1.62. The summed E-state index contributed by atoms with van der Waals surface area (Å²) >= 11 is 12.7. The highest BCUT2D eigenvalue weighted by Crippen LogP contribution is 2.37. The van der Waals surface area contributed by atoms with Gasteiger partial charge in [0, 0.05) is 27.8 Å². The first-order chi connectivity index (χ1) is 21.1. The number of benzene rings is 4. The molecular weight excluding hydrogens is 603 g/mol. The maximum absolute atomic E-state index is 13.8. The number of para-hydroxylation sites is 1. The van der Waals surface area contributed by atoms with Crippen LogP contribution in [-0.2, 0) is 6.61 Å². The first kappa shape index (κ1) is 30.7. The van der Waals surface area contributed by atoms with E-state index in [1.807, 2.05) is 25.1 Å². The van der Waals surface area contributed by atoms with E-state index in [1.54, 1.807) is 49.6 Å². The Hall–Kier alpha value is -4.73. The van der Waals surface area contributed by atoms with Crippen molar-refractivity contribution in [1.29, 1.82) is 0 Å². The van der Waals surface area contributed by atoms with Crippen LogP contribution >= 0.6 is 23.2 Å². The minimum atomic E-state index is -0.589. The summed E-state index contributed by atoms with van der Waals surface area (Å²) in [6, 6.07) is 20.6. The molecule has 0 fully saturated rings. The van der Waals surface area contributed by atoms with Crippen LogP contribution in [0.5, 0.6) is 11.5 Å². The molecule has 44 heavy (non-hydrogen) atoms. The van der Waals surface area contributed by atoms with Gasteiger partial charge < -0.3 is 9.47 Å². The van der Waals surface area contributed by atoms with E-state index in [0.717, 1.165) is 16.9 Å². The van der Waals surface area contributed by atoms with Crippen molar-refractivity contribution in [3.63, 3.8) is 0 Å². The molecule has 11 heteroatoms. The van der Waals surface area contributed by atoms with Crippen LogP contribution in [0, 0.1) is 17.0 Å². The third-order valence-corrected chi connectivity index (χ3v) is 7.74. The van der Waals surface area contributed by atoms with E-state index in [0.29, 0.717) is 32.9 Å². The molecule has 0 unspecified atom stereocenters. The molecule has 0 aliphatic heterocycles. The largest absolute Gasteiger partial charge is 0.496 e. The van der Waals surface area contributed by atoms with Crippen LogP contribution in [0.15, 0.2) is 82.7 Å². The lowest BCUT2D eigenvalue weighted by Gasteiger charge is -2.17. The van der Waals surface area contributed by atoms with Gasteiger partial charge in [0.2, 0.25) is 5.75 Å². The molecule has 0 saturated carbocycles. The SMILES string of the molecule is COc1cc(C)c(-c2nc3ccccc3c(=O)n2N=Cc2cc(Cl)c(OCc3ccccc3Cl)c([N+](=O)[O-])c2)cc1C(C)C. The highest BCUT2D eigenvalue weighted by molar-refractivity contribution is 6.32. The average Bonchev–Trinajstić information content (AvgIpc) is 3.00. The van der Waals surface area contributed by atoms with E-state index < -0.39 is 10.5 Å². The van der Waals surface area contributed by atoms with Crippen LogP contribution in [-0.4, -0.2) is 27.9 Å². The van der Waals surface area contributed by atoms with Crippen molar-refractivity contribution in [2.45, 2.75) is 33.3 Å². The molecule has 0 amide bonds. The number of aromatic nitrogens is 2. The summed E-state index contributed by atoms with van der Waals surface area (Å²) < 4.78 is 12.5. The molecule has 0 saturated heterocycles. The van der Waals surface area contributed by atoms with Crippen LogP contribution < -0.4 is 15.0 Å². The number of fused-ring (bicyclic) bond motifs is 1. The number of hydrogen-bond donors (Lipinski definition) is 0. The third kappa shape index (κ3) is 6.15. The van der Waals surface area contributed by atoms with E-state index in [1.165, 1.54) is 23.0 Å². The molecule has 1 aromatic heterocycles. The number of aryl methyl sites for hydroxylation is 1. The van der Waals surface area contributed by atoms with Crippen LogP contribution in [0.1, 0.15) is 42.0 Å². The average molecular weight is 632 g/mol. The molecule has 4 aromatic carbocycles. The zero-order chi connectivity index (χ0) is 31.5. The van der Waals surface area contributed by atoms with E-state index >= 15 is 0 Å². The fraction of sp³-hybridized carbons (Fsp3) is 0.182. The monoisotopic (exact) mass is 630 g/mol. The molecule has 0 aliphatic carbocycles. The van der Waals surface area contributed by atoms with Gasteiger partial charge in [-0.2, -0.15) is 9.78 Å². The zero-order valence-corrected chi connectivity index (χ0v) is 25.9. The topological polar surface area (TPSA) is 109 Å². The molecular formula is C33H28Cl2N4O5. The van der Waals surface area contributed by atoms with Gasteiger partial charge in [-0.25, -0.2) is 4.98 Å². The lowest BCUT2D eigenvalue weighted by molar-refractivity contribution is -0.385. The number of nitrogens with zero attached hydrogens (tertiary/aromatic N) is 4. The Kier molecular flexibility index (Phi) is 8.98. The summed E-state index contributed by atoms with van der Waals surface area (Å²) in [5, 5.41) is 17.3. The van der Waals surface area contributed by atoms with Crippen molar-refractivity contribution in [2.75, 3.05) is 7.11 Å². The number of nitro groups is 1. The molecule has 9 nitrogen and oxygen atoms in total. The van der Waals surface area contributed by atoms with E-state index in [9.17, 15) is 14.9 Å². The van der Waals surface area contributed by atoms with E-state index in [4.69, 9.17) is 37.7 Å². The quantitative estimate of drug-likeness (QED) is 0.0922. The predicted octanol–water partition coefficient (Wildman–Crippen LogP) is 8.18. The summed E-state index contributed by atoms with van der Waals surface area (Å²) in [4.78, 5) is 30.0. The molecule has 0 spiro atoms. The third-order valence-electron chi connectivity index (χ3n) is 7.09. The van der Waals surface area contributed by atoms with Crippen LogP contribution in [0.3, 0.4) is 0 Å². The van der Waals surface area contributed by atoms with Gasteiger partial charge in [0.05, 0.1) is 34.2 Å². The van der Waals surface area contributed by atoms with Gasteiger partial charge in [0.25, 0.3) is 5.56 Å². The highest BCUT2D eigenvalue weighted by Gasteiger charge is 2.22. The van der Waals surface area contributed by atoms with Crippen molar-refractivity contribution < 1.29 is 14.4 Å². The Morgan fingerprint density at radius 3 is 2.48 bits per heavy atom. The second-order valence-electron chi connectivity index (χ2n) is 10.4. The first-order valence-electron chi connectivity index (χ1n) is 13.7. The number of rotatable bonds is 9. The smallest absolute Gasteiger partial charge is 0.313 e. The Bertz CT molecular complexity index is 1990. The van der Waals surface area contributed by atoms with Gasteiger partial charge >= 0.3 is 5.69 Å². The van der Waals surface area contributed by atoms with Crippen molar-refractivity contribution in [2.24, 2.45) is 5.10 Å². The molecule has 0 radical (unpaired) electrons. The molecule has 224 valence electrons. The fourth-order valence-corrected chi connectivity index (χ4v) is 5.28. The maximum atomic E-state index is 13.8. The second kappa shape index (κ2) is 12.9. The molecule has 0 bridgehead atoms. The lowest BCUT2D eigenvalue weighted by Crippen LogP contribution is -2.20. The predicted molar refractivity (Wildman–Crippen MR) is 174 cm³/mol. The van der Waals surface area contributed by atoms with Crippen molar-refractivity contribution in [3.05, 3.63) is 126 Å². The number of halogens is 2. The molecule has 0 N–H and O–H groups in total. The van der Waals surface area contributed by atoms with Crippen LogP contribution in [0.25, 0.3) is 22.3 Å². The standard InChI is InChI=1S/C33H28Cl2N4O5/c1-19(2)24-16-25(20(3)13-30(24)43-4)32-37-28-12-8-6-10-23(28)33(40)38(32)36-17-21-14-27(35)31(29(15-21)39(41)42)44-18-22-9-5-7-11-26(22)34/h5-17,19H,18H2,1-4H3. The van der Waals surface area contributed by atoms with E-state index in [2.05, 4.69) is 18.9 Å². The minimum Gasteiger partial charge on any atom is -0.496 e. The summed E-state index contributed by atoms with van der Waals surface area (Å²) in [6.07, 6.45) is 1.33. The second-order valence-corrected chi connectivity index (χ2v) is 11.2. The van der Waals surface area contributed by atoms with E-state index in [-0.39, 0.29) is 34.5 Å². The molecule has 0 aliphatic rings. The molecule has 1 heterocycles. The van der Waals surface area contributed by atoms with Gasteiger partial charge in [0.1, 0.15) is 12.4 Å². The number of methoxy groups -OCH3 is 1. The highest BCUT2D eigenvalue weighted by atomic mass is 35.5. The zero-order valence-electron chi connectivity index (χ0n) is 24.4. The first-order valence-corrected chi connectivity index (χ1v) is 14.4. The summed E-state index contributed by atoms with van der Waals surface area (Å²) in [5.41, 5.74) is 3.16. The van der Waals surface area contributed by atoms with Crippen molar-refractivity contribution in [1.82, 2.24) is 9.66 Å². The normalized spacial score (nSPS) is 11.4. The van der Waals surface area contributed by atoms with Gasteiger partial charge in [-0.1, -0.05) is 67.4 Å². The minimum absolute atomic E-state index is 0.00415. The van der Waals surface area contributed by atoms with Gasteiger partial charge in [0.15, 0.2) is 5.82 Å². The summed E-state index contributed by atoms with van der Waals surface area (Å²) in [5.74, 6) is 1.08. The Morgan fingerprint density at radius 2 is 1.77 bits per heavy atom. The maximum Gasteiger partial charge on any atom is 0.313 e. The number of nitro benzene ring substituents is 1.